The maximum Gasteiger partial charge on any atom is 0.202 e. The van der Waals surface area contributed by atoms with Crippen LogP contribution in [0.2, 0.25) is 0 Å². The van der Waals surface area contributed by atoms with Gasteiger partial charge in [0, 0.05) is 17.7 Å². The quantitative estimate of drug-likeness (QED) is 0.701. The van der Waals surface area contributed by atoms with Gasteiger partial charge >= 0.3 is 0 Å². The average Bonchev–Trinajstić information content (AvgIpc) is 2.57. The average molecular weight is 342 g/mol. The molecule has 0 radical (unpaired) electrons. The lowest BCUT2D eigenvalue weighted by molar-refractivity contribution is 0.0962. The molecule has 0 spiro atoms. The Kier molecular flexibility index (Phi) is 3.71. The van der Waals surface area contributed by atoms with Gasteiger partial charge in [0.05, 0.1) is 36.5 Å². The van der Waals surface area contributed by atoms with Gasteiger partial charge in [0.25, 0.3) is 0 Å². The molecular weight excluding hydrogens is 328 g/mol. The molecule has 0 amide bonds. The van der Waals surface area contributed by atoms with Crippen molar-refractivity contribution in [1.82, 2.24) is 0 Å². The third-order valence-electron chi connectivity index (χ3n) is 4.09. The Labute approximate surface area is 142 Å². The molecule has 0 heterocycles. The van der Waals surface area contributed by atoms with Gasteiger partial charge < -0.3 is 19.7 Å². The van der Waals surface area contributed by atoms with Gasteiger partial charge in [0.2, 0.25) is 5.78 Å². The van der Waals surface area contributed by atoms with Gasteiger partial charge in [-0.05, 0) is 13.0 Å². The van der Waals surface area contributed by atoms with E-state index in [9.17, 15) is 24.6 Å². The summed E-state index contributed by atoms with van der Waals surface area (Å²) in [7, 11) is 2.73. The Hall–Kier alpha value is -3.35. The number of hydrogen-bond acceptors (Lipinski definition) is 7. The first-order valence-corrected chi connectivity index (χ1v) is 7.27. The molecule has 2 N–H and O–H groups in total. The van der Waals surface area contributed by atoms with Crippen LogP contribution in [0, 0.1) is 0 Å². The van der Waals surface area contributed by atoms with E-state index in [-0.39, 0.29) is 39.3 Å². The van der Waals surface area contributed by atoms with E-state index >= 15 is 0 Å². The van der Waals surface area contributed by atoms with Crippen molar-refractivity contribution in [3.05, 3.63) is 46.0 Å². The fourth-order valence-electron chi connectivity index (χ4n) is 3.01. The van der Waals surface area contributed by atoms with Gasteiger partial charge in [-0.1, -0.05) is 0 Å². The Bertz CT molecular complexity index is 957. The van der Waals surface area contributed by atoms with Gasteiger partial charge in [0.1, 0.15) is 23.0 Å². The van der Waals surface area contributed by atoms with Crippen LogP contribution in [0.15, 0.2) is 18.2 Å². The van der Waals surface area contributed by atoms with E-state index in [4.69, 9.17) is 9.47 Å². The topological polar surface area (TPSA) is 110 Å². The molecule has 1 aliphatic carbocycles. The largest absolute Gasteiger partial charge is 0.507 e. The number of ether oxygens (including phenoxy) is 2. The van der Waals surface area contributed by atoms with Crippen LogP contribution < -0.4 is 9.47 Å². The lowest BCUT2D eigenvalue weighted by Gasteiger charge is -2.23. The van der Waals surface area contributed by atoms with E-state index in [1.165, 1.54) is 26.4 Å². The molecule has 25 heavy (non-hydrogen) atoms. The summed E-state index contributed by atoms with van der Waals surface area (Å²) in [5.74, 6) is -2.72. The molecule has 2 aromatic rings. The van der Waals surface area contributed by atoms with Crippen LogP contribution in [0.25, 0.3) is 0 Å². The van der Waals surface area contributed by atoms with Crippen molar-refractivity contribution >= 4 is 17.3 Å². The van der Waals surface area contributed by atoms with Gasteiger partial charge in [-0.3, -0.25) is 14.4 Å². The summed E-state index contributed by atoms with van der Waals surface area (Å²) < 4.78 is 10.3. The summed E-state index contributed by atoms with van der Waals surface area (Å²) in [6.07, 6.45) is 0. The number of aromatic hydroxyl groups is 2. The first kappa shape index (κ1) is 16.5. The summed E-state index contributed by atoms with van der Waals surface area (Å²) in [6.45, 7) is 1.16. The summed E-state index contributed by atoms with van der Waals surface area (Å²) in [4.78, 5) is 37.8. The number of phenols is 2. The highest BCUT2D eigenvalue weighted by molar-refractivity contribution is 6.33. The van der Waals surface area contributed by atoms with Crippen LogP contribution in [0.4, 0.5) is 0 Å². The minimum absolute atomic E-state index is 0.0267. The Balaban J connectivity index is 2.44. The summed E-state index contributed by atoms with van der Waals surface area (Å²) in [5, 5.41) is 20.1. The zero-order valence-corrected chi connectivity index (χ0v) is 13.7. The lowest BCUT2D eigenvalue weighted by atomic mass is 9.79. The summed E-state index contributed by atoms with van der Waals surface area (Å²) >= 11 is 0. The molecule has 7 nitrogen and oxygen atoms in total. The number of carbonyl (C=O) groups is 3. The number of benzene rings is 2. The molecule has 1 aliphatic rings. The van der Waals surface area contributed by atoms with Crippen molar-refractivity contribution in [2.75, 3.05) is 14.2 Å². The molecule has 0 unspecified atom stereocenters. The second-order valence-electron chi connectivity index (χ2n) is 5.51. The summed E-state index contributed by atoms with van der Waals surface area (Å²) in [6, 6.07) is 3.67. The van der Waals surface area contributed by atoms with Gasteiger partial charge in [-0.15, -0.1) is 0 Å². The number of carbonyl (C=O) groups excluding carboxylic acids is 3. The van der Waals surface area contributed by atoms with Gasteiger partial charge in [-0.2, -0.15) is 0 Å². The zero-order valence-electron chi connectivity index (χ0n) is 13.7. The number of ketones is 3. The number of rotatable bonds is 3. The highest BCUT2D eigenvalue weighted by Gasteiger charge is 2.39. The van der Waals surface area contributed by atoms with Crippen molar-refractivity contribution in [3.63, 3.8) is 0 Å². The van der Waals surface area contributed by atoms with Crippen LogP contribution >= 0.6 is 0 Å². The molecule has 0 fully saturated rings. The predicted octanol–water partition coefficient (Wildman–Crippen LogP) is 2.09. The number of Topliss-reactive ketones (excluding diaryl/α,β-unsaturated/α-hetero) is 1. The van der Waals surface area contributed by atoms with E-state index < -0.39 is 28.8 Å². The van der Waals surface area contributed by atoms with Crippen LogP contribution in [0.5, 0.6) is 23.0 Å². The van der Waals surface area contributed by atoms with Crippen molar-refractivity contribution in [3.8, 4) is 23.0 Å². The summed E-state index contributed by atoms with van der Waals surface area (Å²) in [5.41, 5.74) is -1.02. The molecule has 7 heteroatoms. The molecule has 0 saturated heterocycles. The van der Waals surface area contributed by atoms with E-state index in [0.717, 1.165) is 13.0 Å². The maximum atomic E-state index is 13.0. The minimum Gasteiger partial charge on any atom is -0.507 e. The van der Waals surface area contributed by atoms with Crippen molar-refractivity contribution in [2.24, 2.45) is 0 Å². The van der Waals surface area contributed by atoms with E-state index in [1.807, 2.05) is 0 Å². The standard InChI is InChI=1S/C18H14O7/c1-7(19)13-10(20)6-11(21)15-16(13)17(22)9-4-8(24-2)5-12(25-3)14(9)18(15)23/h4-6,20-21H,1-3H3. The number of phenolic OH excluding ortho intramolecular Hbond substituents is 2. The van der Waals surface area contributed by atoms with Crippen LogP contribution in [-0.2, 0) is 0 Å². The smallest absolute Gasteiger partial charge is 0.202 e. The predicted molar refractivity (Wildman–Crippen MR) is 86.2 cm³/mol. The molecule has 0 bridgehead atoms. The van der Waals surface area contributed by atoms with E-state index in [2.05, 4.69) is 0 Å². The Morgan fingerprint density at radius 3 is 2.12 bits per heavy atom. The van der Waals surface area contributed by atoms with E-state index in [1.54, 1.807) is 0 Å². The molecule has 0 aliphatic heterocycles. The Morgan fingerprint density at radius 2 is 1.56 bits per heavy atom. The molecular formula is C18H14O7. The first-order chi connectivity index (χ1) is 11.8. The van der Waals surface area contributed by atoms with Gasteiger partial charge in [0.15, 0.2) is 11.6 Å². The fraction of sp³-hybridized carbons (Fsp3) is 0.167. The second kappa shape index (κ2) is 5.62. The second-order valence-corrected chi connectivity index (χ2v) is 5.51. The molecule has 2 aromatic carbocycles. The SMILES string of the molecule is COc1cc(OC)c2c(c1)C(=O)c1c(C(C)=O)c(O)cc(O)c1C2=O. The highest BCUT2D eigenvalue weighted by atomic mass is 16.5. The number of methoxy groups -OCH3 is 2. The lowest BCUT2D eigenvalue weighted by Crippen LogP contribution is -2.24. The normalized spacial score (nSPS) is 12.4. The molecule has 3 rings (SSSR count). The van der Waals surface area contributed by atoms with Crippen molar-refractivity contribution in [2.45, 2.75) is 6.92 Å². The Morgan fingerprint density at radius 1 is 0.880 bits per heavy atom. The number of fused-ring (bicyclic) bond motifs is 2. The third-order valence-corrected chi connectivity index (χ3v) is 4.09. The monoisotopic (exact) mass is 342 g/mol. The molecule has 0 atom stereocenters. The third kappa shape index (κ3) is 2.24. The fourth-order valence-corrected chi connectivity index (χ4v) is 3.01. The molecule has 0 saturated carbocycles. The van der Waals surface area contributed by atoms with Crippen LogP contribution in [-0.4, -0.2) is 41.8 Å². The van der Waals surface area contributed by atoms with Crippen molar-refractivity contribution < 1.29 is 34.1 Å². The maximum absolute atomic E-state index is 13.0. The zero-order chi connectivity index (χ0) is 18.5. The molecule has 0 aromatic heterocycles. The molecule has 128 valence electrons. The van der Waals surface area contributed by atoms with E-state index in [0.29, 0.717) is 0 Å². The minimum atomic E-state index is -0.682. The van der Waals surface area contributed by atoms with Crippen molar-refractivity contribution in [1.29, 1.82) is 0 Å². The number of hydrogen-bond donors (Lipinski definition) is 2. The van der Waals surface area contributed by atoms with Crippen LogP contribution in [0.1, 0.15) is 49.1 Å². The first-order valence-electron chi connectivity index (χ1n) is 7.27. The van der Waals surface area contributed by atoms with Gasteiger partial charge in [-0.25, -0.2) is 0 Å². The highest BCUT2D eigenvalue weighted by Crippen LogP contribution is 2.42. The van der Waals surface area contributed by atoms with Crippen LogP contribution in [0.3, 0.4) is 0 Å².